The molecule has 9 nitrogen and oxygen atoms in total. The van der Waals surface area contributed by atoms with E-state index in [-0.39, 0.29) is 26.2 Å². The standard InChI is InChI=1S/C17H16Cl2N2O5S.C2HF3O2/c18-14-3-2-12(10-15(14)19)27(24,25)20-11-1-4-16(13(9-11)17(22)23)21-5-7-26-8-6-21;3-2(4,5)1(6)7/h1-4,9-10,20H,5-8H2,(H,22,23);(H,6,7). The van der Waals surface area contributed by atoms with Gasteiger partial charge in [-0.1, -0.05) is 23.2 Å². The maximum atomic E-state index is 12.5. The molecule has 0 aliphatic carbocycles. The topological polar surface area (TPSA) is 133 Å². The van der Waals surface area contributed by atoms with Crippen LogP contribution in [0.5, 0.6) is 0 Å². The van der Waals surface area contributed by atoms with Gasteiger partial charge in [-0.25, -0.2) is 18.0 Å². The lowest BCUT2D eigenvalue weighted by Gasteiger charge is -2.30. The van der Waals surface area contributed by atoms with Crippen LogP contribution >= 0.6 is 23.2 Å². The molecule has 0 amide bonds. The fourth-order valence-corrected chi connectivity index (χ4v) is 4.15. The zero-order valence-corrected chi connectivity index (χ0v) is 19.3. The van der Waals surface area contributed by atoms with Crippen molar-refractivity contribution in [1.29, 1.82) is 0 Å². The van der Waals surface area contributed by atoms with Gasteiger partial charge in [0.2, 0.25) is 0 Å². The number of carboxylic acid groups (broad SMARTS) is 2. The summed E-state index contributed by atoms with van der Waals surface area (Å²) in [7, 11) is -3.95. The Balaban J connectivity index is 0.000000509. The van der Waals surface area contributed by atoms with Crippen LogP contribution in [0.2, 0.25) is 10.0 Å². The van der Waals surface area contributed by atoms with Gasteiger partial charge in [0.05, 0.1) is 39.4 Å². The van der Waals surface area contributed by atoms with Crippen LogP contribution in [0.15, 0.2) is 41.3 Å². The molecule has 0 unspecified atom stereocenters. The number of benzene rings is 2. The Morgan fingerprint density at radius 3 is 2.09 bits per heavy atom. The Morgan fingerprint density at radius 2 is 1.59 bits per heavy atom. The molecule has 2 aromatic carbocycles. The molecule has 0 aromatic heterocycles. The largest absolute Gasteiger partial charge is 0.490 e. The first-order valence-corrected chi connectivity index (χ1v) is 11.4. The summed E-state index contributed by atoms with van der Waals surface area (Å²) >= 11 is 11.7. The molecule has 0 bridgehead atoms. The van der Waals surface area contributed by atoms with Gasteiger partial charge in [-0.05, 0) is 36.4 Å². The highest BCUT2D eigenvalue weighted by atomic mass is 35.5. The summed E-state index contributed by atoms with van der Waals surface area (Å²) in [6.07, 6.45) is -5.08. The van der Waals surface area contributed by atoms with Crippen molar-refractivity contribution in [3.05, 3.63) is 52.0 Å². The van der Waals surface area contributed by atoms with E-state index in [2.05, 4.69) is 4.72 Å². The molecule has 34 heavy (non-hydrogen) atoms. The quantitative estimate of drug-likeness (QED) is 0.515. The number of aliphatic carboxylic acids is 1. The van der Waals surface area contributed by atoms with E-state index in [1.165, 1.54) is 30.3 Å². The highest BCUT2D eigenvalue weighted by Gasteiger charge is 2.38. The van der Waals surface area contributed by atoms with Crippen molar-refractivity contribution in [2.75, 3.05) is 35.9 Å². The van der Waals surface area contributed by atoms with E-state index < -0.39 is 28.1 Å². The molecule has 186 valence electrons. The first-order valence-electron chi connectivity index (χ1n) is 9.20. The molecule has 15 heteroatoms. The Morgan fingerprint density at radius 1 is 1.00 bits per heavy atom. The molecule has 3 rings (SSSR count). The molecule has 2 aromatic rings. The van der Waals surface area contributed by atoms with Crippen LogP contribution in [0.1, 0.15) is 10.4 Å². The number of alkyl halides is 3. The molecular weight excluding hydrogens is 528 g/mol. The van der Waals surface area contributed by atoms with E-state index in [9.17, 15) is 31.5 Å². The highest BCUT2D eigenvalue weighted by molar-refractivity contribution is 7.92. The summed E-state index contributed by atoms with van der Waals surface area (Å²) in [5.41, 5.74) is 0.657. The smallest absolute Gasteiger partial charge is 0.478 e. The highest BCUT2D eigenvalue weighted by Crippen LogP contribution is 2.29. The number of hydrogen-bond acceptors (Lipinski definition) is 6. The van der Waals surface area contributed by atoms with E-state index in [0.29, 0.717) is 32.0 Å². The first-order chi connectivity index (χ1) is 15.7. The normalized spacial score (nSPS) is 14.1. The lowest BCUT2D eigenvalue weighted by Crippen LogP contribution is -2.37. The predicted molar refractivity (Wildman–Crippen MR) is 117 cm³/mol. The minimum atomic E-state index is -5.08. The molecule has 3 N–H and O–H groups in total. The molecule has 0 atom stereocenters. The molecule has 1 aliphatic rings. The van der Waals surface area contributed by atoms with E-state index in [1.807, 2.05) is 4.90 Å². The van der Waals surface area contributed by atoms with Crippen molar-refractivity contribution < 1.29 is 46.1 Å². The van der Waals surface area contributed by atoms with Crippen molar-refractivity contribution in [3.8, 4) is 0 Å². The second-order valence-corrected chi connectivity index (χ2v) is 9.12. The average Bonchev–Trinajstić information content (AvgIpc) is 2.75. The maximum Gasteiger partial charge on any atom is 0.490 e. The van der Waals surface area contributed by atoms with Crippen LogP contribution in [0.3, 0.4) is 0 Å². The van der Waals surface area contributed by atoms with Crippen molar-refractivity contribution in [2.45, 2.75) is 11.1 Å². The van der Waals surface area contributed by atoms with Crippen LogP contribution in [0.25, 0.3) is 0 Å². The summed E-state index contributed by atoms with van der Waals surface area (Å²) in [6.45, 7) is 2.14. The summed E-state index contributed by atoms with van der Waals surface area (Å²) in [4.78, 5) is 22.4. The predicted octanol–water partition coefficient (Wildman–Crippen LogP) is 3.96. The van der Waals surface area contributed by atoms with Gasteiger partial charge in [-0.3, -0.25) is 4.72 Å². The van der Waals surface area contributed by atoms with Crippen LogP contribution in [-0.2, 0) is 19.6 Å². The molecule has 1 heterocycles. The monoisotopic (exact) mass is 544 g/mol. The Labute approximate surface area is 201 Å². The second-order valence-electron chi connectivity index (χ2n) is 6.62. The summed E-state index contributed by atoms with van der Waals surface area (Å²) in [6, 6.07) is 8.32. The van der Waals surface area contributed by atoms with Crippen LogP contribution in [0.4, 0.5) is 24.5 Å². The zero-order chi connectivity index (χ0) is 25.7. The number of sulfonamides is 1. The Hall–Kier alpha value is -2.74. The van der Waals surface area contributed by atoms with Crippen molar-refractivity contribution in [1.82, 2.24) is 0 Å². The van der Waals surface area contributed by atoms with E-state index in [1.54, 1.807) is 6.07 Å². The number of nitrogens with zero attached hydrogens (tertiary/aromatic N) is 1. The number of carbonyl (C=O) groups is 2. The average molecular weight is 545 g/mol. The Bertz CT molecular complexity index is 1170. The maximum absolute atomic E-state index is 12.5. The second kappa shape index (κ2) is 11.1. The van der Waals surface area contributed by atoms with E-state index >= 15 is 0 Å². The van der Waals surface area contributed by atoms with Gasteiger partial charge in [0.15, 0.2) is 0 Å². The number of ether oxygens (including phenoxy) is 1. The zero-order valence-electron chi connectivity index (χ0n) is 17.0. The number of morpholine rings is 1. The van der Waals surface area contributed by atoms with E-state index in [0.717, 1.165) is 0 Å². The summed E-state index contributed by atoms with van der Waals surface area (Å²) < 4.78 is 64.5. The first kappa shape index (κ1) is 27.5. The molecule has 1 fully saturated rings. The number of carboxylic acids is 2. The number of nitrogens with one attached hydrogen (secondary N) is 1. The SMILES string of the molecule is O=C(O)C(F)(F)F.O=C(O)c1cc(NS(=O)(=O)c2ccc(Cl)c(Cl)c2)ccc1N1CCOCC1. The minimum absolute atomic E-state index is 0.00578. The molecular formula is C19H17Cl2F3N2O7S. The number of halogens is 5. The van der Waals surface area contributed by atoms with Gasteiger partial charge in [0, 0.05) is 18.8 Å². The van der Waals surface area contributed by atoms with Gasteiger partial charge in [-0.15, -0.1) is 0 Å². The third-order valence-electron chi connectivity index (χ3n) is 4.27. The van der Waals surface area contributed by atoms with Crippen LogP contribution in [-0.4, -0.2) is 63.0 Å². The number of aromatic carboxylic acids is 1. The minimum Gasteiger partial charge on any atom is -0.478 e. The third kappa shape index (κ3) is 7.38. The number of hydrogen-bond donors (Lipinski definition) is 3. The molecule has 0 saturated carbocycles. The number of rotatable bonds is 5. The van der Waals surface area contributed by atoms with E-state index in [4.69, 9.17) is 37.8 Å². The van der Waals surface area contributed by atoms with Crippen LogP contribution in [0, 0.1) is 0 Å². The van der Waals surface area contributed by atoms with Crippen molar-refractivity contribution >= 4 is 56.5 Å². The molecule has 0 radical (unpaired) electrons. The lowest BCUT2D eigenvalue weighted by molar-refractivity contribution is -0.192. The number of anilines is 2. The lowest BCUT2D eigenvalue weighted by atomic mass is 10.1. The fourth-order valence-electron chi connectivity index (χ4n) is 2.71. The van der Waals surface area contributed by atoms with Crippen molar-refractivity contribution in [3.63, 3.8) is 0 Å². The fraction of sp³-hybridized carbons (Fsp3) is 0.263. The third-order valence-corrected chi connectivity index (χ3v) is 6.39. The van der Waals surface area contributed by atoms with Gasteiger partial charge in [0.25, 0.3) is 10.0 Å². The molecule has 1 aliphatic heterocycles. The molecule has 1 saturated heterocycles. The Kier molecular flexibility index (Phi) is 9.00. The summed E-state index contributed by atoms with van der Waals surface area (Å²) in [5, 5.41) is 17.0. The van der Waals surface area contributed by atoms with Gasteiger partial charge >= 0.3 is 18.1 Å². The van der Waals surface area contributed by atoms with Crippen LogP contribution < -0.4 is 9.62 Å². The van der Waals surface area contributed by atoms with Gasteiger partial charge in [0.1, 0.15) is 0 Å². The van der Waals surface area contributed by atoms with Crippen molar-refractivity contribution in [2.24, 2.45) is 0 Å². The summed E-state index contributed by atoms with van der Waals surface area (Å²) in [5.74, 6) is -3.90. The van der Waals surface area contributed by atoms with Gasteiger partial charge < -0.3 is 19.8 Å². The molecule has 0 spiro atoms. The van der Waals surface area contributed by atoms with Gasteiger partial charge in [-0.2, -0.15) is 13.2 Å².